The highest BCUT2D eigenvalue weighted by molar-refractivity contribution is 6.74. The Labute approximate surface area is 155 Å². The Morgan fingerprint density at radius 2 is 1.42 bits per heavy atom. The lowest BCUT2D eigenvalue weighted by Crippen LogP contribution is -2.79. The molecule has 7 heteroatoms. The smallest absolute Gasteiger partial charge is 0.313 e. The summed E-state index contributed by atoms with van der Waals surface area (Å²) in [7, 11) is -2.15. The maximum absolute atomic E-state index is 10.7. The summed E-state index contributed by atoms with van der Waals surface area (Å²) < 4.78 is 24.6. The van der Waals surface area contributed by atoms with E-state index in [2.05, 4.69) is 33.9 Å². The molecular formula is C19H28O6Si. The topological polar surface area (TPSA) is 77.4 Å². The third-order valence-electron chi connectivity index (χ3n) is 6.23. The quantitative estimate of drug-likeness (QED) is 0.782. The molecule has 0 radical (unpaired) electrons. The predicted octanol–water partition coefficient (Wildman–Crippen LogP) is 2.11. The molecule has 7 atom stereocenters. The molecule has 0 amide bonds. The number of aliphatic hydroxyl groups excluding tert-OH is 2. The lowest BCUT2D eigenvalue weighted by molar-refractivity contribution is -0.547. The molecule has 5 rings (SSSR count). The van der Waals surface area contributed by atoms with Crippen molar-refractivity contribution in [2.75, 3.05) is 0 Å². The van der Waals surface area contributed by atoms with Gasteiger partial charge in [-0.15, -0.1) is 0 Å². The summed E-state index contributed by atoms with van der Waals surface area (Å²) in [6.07, 6.45) is -4.42. The van der Waals surface area contributed by atoms with E-state index in [1.165, 1.54) is 0 Å². The third-order valence-corrected chi connectivity index (χ3v) is 10.7. The van der Waals surface area contributed by atoms with E-state index in [1.807, 2.05) is 30.3 Å². The average Bonchev–Trinajstić information content (AvgIpc) is 2.58. The van der Waals surface area contributed by atoms with Crippen molar-refractivity contribution in [3.63, 3.8) is 0 Å². The molecule has 1 saturated carbocycles. The summed E-state index contributed by atoms with van der Waals surface area (Å²) >= 11 is 0. The second-order valence-electron chi connectivity index (χ2n) is 8.99. The van der Waals surface area contributed by atoms with Crippen molar-refractivity contribution < 1.29 is 28.8 Å². The molecule has 1 aromatic carbocycles. The van der Waals surface area contributed by atoms with Gasteiger partial charge < -0.3 is 28.8 Å². The van der Waals surface area contributed by atoms with Gasteiger partial charge in [0.25, 0.3) is 0 Å². The summed E-state index contributed by atoms with van der Waals surface area (Å²) in [4.78, 5) is 0. The summed E-state index contributed by atoms with van der Waals surface area (Å²) in [5, 5.41) is 21.4. The Morgan fingerprint density at radius 1 is 0.923 bits per heavy atom. The highest BCUT2D eigenvalue weighted by Gasteiger charge is 2.68. The maximum Gasteiger partial charge on any atom is 0.313 e. The molecule has 0 aromatic heterocycles. The first kappa shape index (κ1) is 18.6. The van der Waals surface area contributed by atoms with Crippen LogP contribution in [0.2, 0.25) is 18.1 Å². The highest BCUT2D eigenvalue weighted by Crippen LogP contribution is 2.52. The van der Waals surface area contributed by atoms with Crippen molar-refractivity contribution in [3.05, 3.63) is 35.9 Å². The lowest BCUT2D eigenvalue weighted by Gasteiger charge is -2.62. The number of ether oxygens (including phenoxy) is 3. The molecule has 0 spiro atoms. The molecule has 1 aromatic rings. The van der Waals surface area contributed by atoms with Crippen molar-refractivity contribution in [1.29, 1.82) is 0 Å². The SMILES string of the molecule is CC(C)(C)[Si](C)(C)OC1[C@H]2OC3(c4ccccc4)OC([C@H]2O)[C@H](O)[C@H]1O3. The van der Waals surface area contributed by atoms with Crippen LogP contribution in [0.1, 0.15) is 26.3 Å². The molecule has 2 N–H and O–H groups in total. The number of hydrogen-bond donors (Lipinski definition) is 2. The number of benzene rings is 1. The van der Waals surface area contributed by atoms with Crippen molar-refractivity contribution in [2.24, 2.45) is 0 Å². The van der Waals surface area contributed by atoms with E-state index in [0.717, 1.165) is 0 Å². The van der Waals surface area contributed by atoms with E-state index >= 15 is 0 Å². The van der Waals surface area contributed by atoms with E-state index < -0.39 is 50.9 Å². The van der Waals surface area contributed by atoms with Gasteiger partial charge >= 0.3 is 5.97 Å². The summed E-state index contributed by atoms with van der Waals surface area (Å²) in [6.45, 7) is 10.7. The second kappa shape index (κ2) is 5.85. The molecule has 1 aliphatic carbocycles. The zero-order valence-electron chi connectivity index (χ0n) is 15.9. The van der Waals surface area contributed by atoms with Crippen LogP contribution in [0.15, 0.2) is 30.3 Å². The van der Waals surface area contributed by atoms with Gasteiger partial charge in [-0.2, -0.15) is 0 Å². The second-order valence-corrected chi connectivity index (χ2v) is 13.7. The Balaban J connectivity index is 1.68. The minimum Gasteiger partial charge on any atom is -0.408 e. The van der Waals surface area contributed by atoms with Crippen LogP contribution in [-0.2, 0) is 24.6 Å². The van der Waals surface area contributed by atoms with Gasteiger partial charge in [0, 0.05) is 5.56 Å². The van der Waals surface area contributed by atoms with Crippen LogP contribution in [0.25, 0.3) is 0 Å². The first-order valence-electron chi connectivity index (χ1n) is 9.19. The van der Waals surface area contributed by atoms with Gasteiger partial charge in [0.2, 0.25) is 0 Å². The molecule has 4 aliphatic rings. The summed E-state index contributed by atoms with van der Waals surface area (Å²) in [6, 6.07) is 9.36. The van der Waals surface area contributed by atoms with Crippen LogP contribution in [0.3, 0.4) is 0 Å². The molecule has 26 heavy (non-hydrogen) atoms. The van der Waals surface area contributed by atoms with Crippen molar-refractivity contribution in [2.45, 2.75) is 81.5 Å². The van der Waals surface area contributed by atoms with E-state index in [1.54, 1.807) is 0 Å². The van der Waals surface area contributed by atoms with Crippen molar-refractivity contribution in [1.82, 2.24) is 0 Å². The Bertz CT molecular complexity index is 652. The fourth-order valence-corrected chi connectivity index (χ4v) is 4.99. The normalized spacial score (nSPS) is 42.3. The van der Waals surface area contributed by atoms with Crippen LogP contribution in [0.4, 0.5) is 0 Å². The van der Waals surface area contributed by atoms with E-state index in [4.69, 9.17) is 18.6 Å². The average molecular weight is 381 g/mol. The maximum atomic E-state index is 10.7. The lowest BCUT2D eigenvalue weighted by atomic mass is 9.81. The first-order chi connectivity index (χ1) is 12.1. The van der Waals surface area contributed by atoms with E-state index in [-0.39, 0.29) is 5.04 Å². The molecule has 6 nitrogen and oxygen atoms in total. The van der Waals surface area contributed by atoms with Gasteiger partial charge in [-0.05, 0) is 18.1 Å². The fourth-order valence-electron chi connectivity index (χ4n) is 3.68. The summed E-state index contributed by atoms with van der Waals surface area (Å²) in [5.74, 6) is -1.40. The molecule has 3 saturated heterocycles. The monoisotopic (exact) mass is 380 g/mol. The molecule has 4 fully saturated rings. The van der Waals surface area contributed by atoms with Gasteiger partial charge in [-0.25, -0.2) is 0 Å². The summed E-state index contributed by atoms with van der Waals surface area (Å²) in [5.41, 5.74) is 0.713. The predicted molar refractivity (Wildman–Crippen MR) is 96.8 cm³/mol. The first-order valence-corrected chi connectivity index (χ1v) is 12.1. The van der Waals surface area contributed by atoms with E-state index in [0.29, 0.717) is 5.56 Å². The van der Waals surface area contributed by atoms with Gasteiger partial charge in [0.1, 0.15) is 36.6 Å². The minimum atomic E-state index is -2.15. The molecule has 3 unspecified atom stereocenters. The minimum absolute atomic E-state index is 0.00874. The Kier molecular flexibility index (Phi) is 4.17. The van der Waals surface area contributed by atoms with Crippen LogP contribution in [0.5, 0.6) is 0 Å². The molecule has 4 bridgehead atoms. The van der Waals surface area contributed by atoms with Gasteiger partial charge in [0.05, 0.1) is 0 Å². The number of rotatable bonds is 3. The highest BCUT2D eigenvalue weighted by atomic mass is 28.4. The van der Waals surface area contributed by atoms with Crippen LogP contribution in [0, 0.1) is 0 Å². The van der Waals surface area contributed by atoms with Gasteiger partial charge in [0.15, 0.2) is 8.32 Å². The van der Waals surface area contributed by atoms with Crippen LogP contribution in [-0.4, -0.2) is 55.2 Å². The van der Waals surface area contributed by atoms with Gasteiger partial charge in [-0.3, -0.25) is 0 Å². The van der Waals surface area contributed by atoms with Crippen LogP contribution < -0.4 is 0 Å². The molecular weight excluding hydrogens is 352 g/mol. The third kappa shape index (κ3) is 2.61. The zero-order chi connectivity index (χ0) is 18.9. The number of hydrogen-bond acceptors (Lipinski definition) is 6. The van der Waals surface area contributed by atoms with Crippen LogP contribution >= 0.6 is 0 Å². The van der Waals surface area contributed by atoms with Crippen molar-refractivity contribution in [3.8, 4) is 0 Å². The molecule has 3 aliphatic heterocycles. The van der Waals surface area contributed by atoms with Gasteiger partial charge in [-0.1, -0.05) is 51.1 Å². The zero-order valence-corrected chi connectivity index (χ0v) is 16.9. The fraction of sp³-hybridized carbons (Fsp3) is 0.684. The Hall–Kier alpha value is -0.803. The van der Waals surface area contributed by atoms with Crippen molar-refractivity contribution >= 4 is 8.32 Å². The molecule has 3 heterocycles. The Morgan fingerprint density at radius 3 is 1.92 bits per heavy atom. The molecule has 144 valence electrons. The van der Waals surface area contributed by atoms with E-state index in [9.17, 15) is 10.2 Å². The standard InChI is InChI=1S/C19H28O6Si/c1-18(2,3)26(4,5)25-17-15-12(20)14-13(21)16(17)24-19(22-14,23-15)11-9-7-6-8-10-11/h6-10,12-17,20-21H,1-5H3/t12-,13+,14?,15+,16-,17?,19?. The number of aliphatic hydroxyl groups is 2. The largest absolute Gasteiger partial charge is 0.408 e.